The molecule has 4 nitrogen and oxygen atoms in total. The predicted octanol–water partition coefficient (Wildman–Crippen LogP) is 5.07. The van der Waals surface area contributed by atoms with Gasteiger partial charge in [-0.05, 0) is 43.0 Å². The first-order chi connectivity index (χ1) is 12.7. The first-order valence-electron chi connectivity index (χ1n) is 9.05. The highest BCUT2D eigenvalue weighted by Crippen LogP contribution is 2.30. The van der Waals surface area contributed by atoms with Crippen LogP contribution in [0, 0.1) is 0 Å². The zero-order chi connectivity index (χ0) is 18.4. The molecule has 0 aliphatic carbocycles. The standard InChI is InChI=1S/C21H24ClNO3/c1-2-25-21(24)23-14-12-19(13-15-23)26-20(16-6-4-3-5-7-16)17-8-10-18(22)11-9-17/h3-11,19-20H,2,12-15H2,1H3. The van der Waals surface area contributed by atoms with Gasteiger partial charge >= 0.3 is 6.09 Å². The first-order valence-corrected chi connectivity index (χ1v) is 9.42. The number of likely N-dealkylation sites (tertiary alicyclic amines) is 1. The van der Waals surface area contributed by atoms with Crippen molar-refractivity contribution in [1.82, 2.24) is 4.90 Å². The van der Waals surface area contributed by atoms with Crippen LogP contribution in [0.25, 0.3) is 0 Å². The minimum Gasteiger partial charge on any atom is -0.450 e. The number of rotatable bonds is 5. The topological polar surface area (TPSA) is 38.8 Å². The fraction of sp³-hybridized carbons (Fsp3) is 0.381. The Morgan fingerprint density at radius 2 is 1.69 bits per heavy atom. The summed E-state index contributed by atoms with van der Waals surface area (Å²) in [6.07, 6.45) is 1.32. The summed E-state index contributed by atoms with van der Waals surface area (Å²) in [6, 6.07) is 18.0. The van der Waals surface area contributed by atoms with Crippen molar-refractivity contribution in [2.24, 2.45) is 0 Å². The van der Waals surface area contributed by atoms with E-state index in [0.717, 1.165) is 24.0 Å². The Kier molecular flexibility index (Phi) is 6.53. The number of ether oxygens (including phenoxy) is 2. The second kappa shape index (κ2) is 9.06. The van der Waals surface area contributed by atoms with Gasteiger partial charge in [-0.15, -0.1) is 0 Å². The maximum Gasteiger partial charge on any atom is 0.409 e. The number of piperidine rings is 1. The number of carbonyl (C=O) groups is 1. The summed E-state index contributed by atoms with van der Waals surface area (Å²) in [7, 11) is 0. The Morgan fingerprint density at radius 3 is 2.31 bits per heavy atom. The summed E-state index contributed by atoms with van der Waals surface area (Å²) in [6.45, 7) is 3.55. The molecule has 1 aliphatic rings. The molecule has 0 radical (unpaired) electrons. The van der Waals surface area contributed by atoms with Gasteiger partial charge in [-0.2, -0.15) is 0 Å². The van der Waals surface area contributed by atoms with Crippen molar-refractivity contribution in [1.29, 1.82) is 0 Å². The van der Waals surface area contributed by atoms with Crippen LogP contribution in [0.5, 0.6) is 0 Å². The molecule has 1 atom stereocenters. The van der Waals surface area contributed by atoms with E-state index in [1.807, 2.05) is 49.4 Å². The summed E-state index contributed by atoms with van der Waals surface area (Å²) in [5, 5.41) is 0.711. The van der Waals surface area contributed by atoms with E-state index in [0.29, 0.717) is 24.7 Å². The molecule has 0 spiro atoms. The average Bonchev–Trinajstić information content (AvgIpc) is 2.68. The van der Waals surface area contributed by atoms with Gasteiger partial charge in [0.15, 0.2) is 0 Å². The number of halogens is 1. The van der Waals surface area contributed by atoms with E-state index in [2.05, 4.69) is 12.1 Å². The third-order valence-corrected chi connectivity index (χ3v) is 4.82. The van der Waals surface area contributed by atoms with Crippen LogP contribution in [0.2, 0.25) is 5.02 Å². The molecule has 0 bridgehead atoms. The summed E-state index contributed by atoms with van der Waals surface area (Å²) in [5.41, 5.74) is 2.19. The Bertz CT molecular complexity index is 697. The molecule has 1 unspecified atom stereocenters. The predicted molar refractivity (Wildman–Crippen MR) is 102 cm³/mol. The van der Waals surface area contributed by atoms with Gasteiger partial charge in [0, 0.05) is 18.1 Å². The molecule has 5 heteroatoms. The van der Waals surface area contributed by atoms with Gasteiger partial charge in [0.2, 0.25) is 0 Å². The van der Waals surface area contributed by atoms with Crippen LogP contribution >= 0.6 is 11.6 Å². The van der Waals surface area contributed by atoms with E-state index < -0.39 is 0 Å². The van der Waals surface area contributed by atoms with Crippen LogP contribution < -0.4 is 0 Å². The van der Waals surface area contributed by atoms with Gasteiger partial charge in [-0.3, -0.25) is 0 Å². The summed E-state index contributed by atoms with van der Waals surface area (Å²) < 4.78 is 11.6. The van der Waals surface area contributed by atoms with Crippen molar-refractivity contribution < 1.29 is 14.3 Å². The molecular formula is C21H24ClNO3. The number of nitrogens with zero attached hydrogens (tertiary/aromatic N) is 1. The lowest BCUT2D eigenvalue weighted by molar-refractivity contribution is -0.0259. The highest BCUT2D eigenvalue weighted by atomic mass is 35.5. The van der Waals surface area contributed by atoms with Crippen molar-refractivity contribution in [3.63, 3.8) is 0 Å². The minimum atomic E-state index is -0.233. The fourth-order valence-electron chi connectivity index (χ4n) is 3.20. The third-order valence-electron chi connectivity index (χ3n) is 4.57. The monoisotopic (exact) mass is 373 g/mol. The quantitative estimate of drug-likeness (QED) is 0.734. The van der Waals surface area contributed by atoms with Gasteiger partial charge < -0.3 is 14.4 Å². The lowest BCUT2D eigenvalue weighted by Crippen LogP contribution is -2.41. The Labute approximate surface area is 159 Å². The molecular weight excluding hydrogens is 350 g/mol. The lowest BCUT2D eigenvalue weighted by Gasteiger charge is -2.33. The first kappa shape index (κ1) is 18.7. The van der Waals surface area contributed by atoms with Crippen LogP contribution in [-0.4, -0.2) is 36.8 Å². The van der Waals surface area contributed by atoms with Crippen LogP contribution in [0.3, 0.4) is 0 Å². The van der Waals surface area contributed by atoms with Crippen LogP contribution in [0.1, 0.15) is 37.0 Å². The molecule has 1 amide bonds. The number of carbonyl (C=O) groups excluding carboxylic acids is 1. The molecule has 1 aliphatic heterocycles. The second-order valence-electron chi connectivity index (χ2n) is 6.36. The van der Waals surface area contributed by atoms with Crippen LogP contribution in [-0.2, 0) is 9.47 Å². The Morgan fingerprint density at radius 1 is 1.08 bits per heavy atom. The van der Waals surface area contributed by atoms with Crippen molar-refractivity contribution >= 4 is 17.7 Å². The van der Waals surface area contributed by atoms with Gasteiger partial charge in [-0.1, -0.05) is 54.1 Å². The maximum atomic E-state index is 11.9. The molecule has 0 aromatic heterocycles. The highest BCUT2D eigenvalue weighted by molar-refractivity contribution is 6.30. The van der Waals surface area contributed by atoms with E-state index in [9.17, 15) is 4.79 Å². The molecule has 26 heavy (non-hydrogen) atoms. The summed E-state index contributed by atoms with van der Waals surface area (Å²) >= 11 is 6.04. The number of hydrogen-bond donors (Lipinski definition) is 0. The van der Waals surface area contributed by atoms with E-state index in [1.165, 1.54) is 0 Å². The van der Waals surface area contributed by atoms with Crippen LogP contribution in [0.4, 0.5) is 4.79 Å². The normalized spacial score (nSPS) is 16.3. The zero-order valence-corrected chi connectivity index (χ0v) is 15.7. The van der Waals surface area contributed by atoms with Gasteiger partial charge in [0.25, 0.3) is 0 Å². The van der Waals surface area contributed by atoms with E-state index in [4.69, 9.17) is 21.1 Å². The van der Waals surface area contributed by atoms with E-state index in [1.54, 1.807) is 4.90 Å². The zero-order valence-electron chi connectivity index (χ0n) is 14.9. The van der Waals surface area contributed by atoms with Crippen LogP contribution in [0.15, 0.2) is 54.6 Å². The van der Waals surface area contributed by atoms with Gasteiger partial charge in [-0.25, -0.2) is 4.79 Å². The number of amides is 1. The Hall–Kier alpha value is -2.04. The second-order valence-corrected chi connectivity index (χ2v) is 6.80. The molecule has 1 fully saturated rings. The smallest absolute Gasteiger partial charge is 0.409 e. The Balaban J connectivity index is 1.69. The largest absolute Gasteiger partial charge is 0.450 e. The molecule has 2 aromatic carbocycles. The van der Waals surface area contributed by atoms with Gasteiger partial charge in [0.1, 0.15) is 6.10 Å². The minimum absolute atomic E-state index is 0.0987. The van der Waals surface area contributed by atoms with Gasteiger partial charge in [0.05, 0.1) is 12.7 Å². The molecule has 0 saturated carbocycles. The summed E-state index contributed by atoms with van der Waals surface area (Å²) in [5.74, 6) is 0. The van der Waals surface area contributed by atoms with Crippen molar-refractivity contribution in [2.45, 2.75) is 32.0 Å². The molecule has 3 rings (SSSR count). The van der Waals surface area contributed by atoms with Crippen molar-refractivity contribution in [3.05, 3.63) is 70.7 Å². The number of benzene rings is 2. The van der Waals surface area contributed by atoms with E-state index in [-0.39, 0.29) is 18.3 Å². The molecule has 0 N–H and O–H groups in total. The maximum absolute atomic E-state index is 11.9. The highest BCUT2D eigenvalue weighted by Gasteiger charge is 2.27. The average molecular weight is 374 g/mol. The van der Waals surface area contributed by atoms with Crippen molar-refractivity contribution in [3.8, 4) is 0 Å². The lowest BCUT2D eigenvalue weighted by atomic mass is 10.00. The molecule has 1 saturated heterocycles. The SMILES string of the molecule is CCOC(=O)N1CCC(OC(c2ccccc2)c2ccc(Cl)cc2)CC1. The molecule has 138 valence electrons. The summed E-state index contributed by atoms with van der Waals surface area (Å²) in [4.78, 5) is 13.6. The van der Waals surface area contributed by atoms with Crippen molar-refractivity contribution in [2.75, 3.05) is 19.7 Å². The third kappa shape index (κ3) is 4.77. The fourth-order valence-corrected chi connectivity index (χ4v) is 3.32. The van der Waals surface area contributed by atoms with E-state index >= 15 is 0 Å². The molecule has 2 aromatic rings. The molecule has 1 heterocycles. The number of hydrogen-bond acceptors (Lipinski definition) is 3.